The summed E-state index contributed by atoms with van der Waals surface area (Å²) in [6.45, 7) is 4.40. The Morgan fingerprint density at radius 2 is 2.11 bits per heavy atom. The molecule has 0 aliphatic carbocycles. The van der Waals surface area contributed by atoms with Crippen molar-refractivity contribution in [3.63, 3.8) is 0 Å². The molecule has 0 spiro atoms. The first kappa shape index (κ1) is 13.0. The highest BCUT2D eigenvalue weighted by Crippen LogP contribution is 2.17. The molecule has 1 aromatic carbocycles. The number of hydrogen-bond acceptors (Lipinski definition) is 4. The van der Waals surface area contributed by atoms with Crippen LogP contribution < -0.4 is 11.1 Å². The predicted octanol–water partition coefficient (Wildman–Crippen LogP) is 1.80. The molecular weight excluding hydrogens is 240 g/mol. The van der Waals surface area contributed by atoms with Gasteiger partial charge < -0.3 is 11.1 Å². The number of aromatic nitrogens is 2. The number of nitrogens with two attached hydrogens (primary N) is 1. The predicted molar refractivity (Wildman–Crippen MR) is 73.8 cm³/mol. The number of rotatable bonds is 4. The molecule has 1 amide bonds. The van der Waals surface area contributed by atoms with Crippen LogP contribution in [0.1, 0.15) is 27.4 Å². The second-order valence-corrected chi connectivity index (χ2v) is 4.34. The van der Waals surface area contributed by atoms with E-state index in [2.05, 4.69) is 15.3 Å². The molecule has 0 unspecified atom stereocenters. The van der Waals surface area contributed by atoms with Gasteiger partial charge in [-0.15, -0.1) is 0 Å². The fraction of sp³-hybridized carbons (Fsp3) is 0.214. The van der Waals surface area contributed by atoms with Crippen molar-refractivity contribution in [2.45, 2.75) is 20.4 Å². The average Bonchev–Trinajstić information content (AvgIpc) is 2.37. The van der Waals surface area contributed by atoms with Crippen LogP contribution >= 0.6 is 0 Å². The molecule has 0 aliphatic rings. The number of amides is 1. The van der Waals surface area contributed by atoms with Gasteiger partial charge in [0.15, 0.2) is 0 Å². The molecule has 0 saturated carbocycles. The van der Waals surface area contributed by atoms with E-state index in [-0.39, 0.29) is 0 Å². The first-order valence-electron chi connectivity index (χ1n) is 5.99. The maximum Gasteiger partial charge on any atom is 0.248 e. The molecular formula is C14H16N4O. The Labute approximate surface area is 111 Å². The Morgan fingerprint density at radius 3 is 2.74 bits per heavy atom. The van der Waals surface area contributed by atoms with E-state index in [1.165, 1.54) is 0 Å². The molecule has 0 bridgehead atoms. The monoisotopic (exact) mass is 256 g/mol. The minimum absolute atomic E-state index is 0.416. The molecule has 1 aromatic heterocycles. The molecule has 0 radical (unpaired) electrons. The van der Waals surface area contributed by atoms with Crippen molar-refractivity contribution < 1.29 is 4.79 Å². The number of nitrogens with one attached hydrogen (secondary N) is 1. The quantitative estimate of drug-likeness (QED) is 0.874. The average molecular weight is 256 g/mol. The maximum atomic E-state index is 11.1. The van der Waals surface area contributed by atoms with E-state index in [0.29, 0.717) is 12.1 Å². The lowest BCUT2D eigenvalue weighted by molar-refractivity contribution is 0.1000. The Balaban J connectivity index is 2.10. The van der Waals surface area contributed by atoms with Crippen LogP contribution in [0.2, 0.25) is 0 Å². The van der Waals surface area contributed by atoms with Gasteiger partial charge in [0.2, 0.25) is 5.91 Å². The van der Waals surface area contributed by atoms with Crippen molar-refractivity contribution in [1.82, 2.24) is 9.97 Å². The standard InChI is InChI=1S/C14H16N4O/c1-9-7-11(14(15)19)3-4-13(9)17-8-12-5-6-16-10(2)18-12/h3-7,17H,8H2,1-2H3,(H2,15,19). The molecule has 3 N–H and O–H groups in total. The molecule has 0 fully saturated rings. The molecule has 5 heteroatoms. The van der Waals surface area contributed by atoms with Crippen LogP contribution in [0.15, 0.2) is 30.5 Å². The van der Waals surface area contributed by atoms with Gasteiger partial charge in [-0.1, -0.05) is 0 Å². The molecule has 19 heavy (non-hydrogen) atoms. The zero-order chi connectivity index (χ0) is 13.8. The van der Waals surface area contributed by atoms with Gasteiger partial charge in [-0.3, -0.25) is 4.79 Å². The third-order valence-electron chi connectivity index (χ3n) is 2.80. The number of nitrogens with zero attached hydrogens (tertiary/aromatic N) is 2. The van der Waals surface area contributed by atoms with Gasteiger partial charge in [0.25, 0.3) is 0 Å². The number of hydrogen-bond donors (Lipinski definition) is 2. The highest BCUT2D eigenvalue weighted by atomic mass is 16.1. The first-order chi connectivity index (χ1) is 9.06. The van der Waals surface area contributed by atoms with E-state index in [0.717, 1.165) is 22.8 Å². The number of aryl methyl sites for hydroxylation is 2. The third kappa shape index (κ3) is 3.28. The second kappa shape index (κ2) is 5.48. The van der Waals surface area contributed by atoms with E-state index in [1.807, 2.05) is 26.0 Å². The lowest BCUT2D eigenvalue weighted by Crippen LogP contribution is -2.11. The summed E-state index contributed by atoms with van der Waals surface area (Å²) >= 11 is 0. The Morgan fingerprint density at radius 1 is 1.32 bits per heavy atom. The van der Waals surface area contributed by atoms with Crippen molar-refractivity contribution in [2.24, 2.45) is 5.73 Å². The van der Waals surface area contributed by atoms with Crippen molar-refractivity contribution in [1.29, 1.82) is 0 Å². The van der Waals surface area contributed by atoms with Gasteiger partial charge in [0, 0.05) is 17.4 Å². The third-order valence-corrected chi connectivity index (χ3v) is 2.80. The van der Waals surface area contributed by atoms with Gasteiger partial charge in [-0.2, -0.15) is 0 Å². The van der Waals surface area contributed by atoms with Crippen molar-refractivity contribution in [3.8, 4) is 0 Å². The number of primary amides is 1. The van der Waals surface area contributed by atoms with Crippen LogP contribution in [0.4, 0.5) is 5.69 Å². The molecule has 0 atom stereocenters. The zero-order valence-corrected chi connectivity index (χ0v) is 11.0. The van der Waals surface area contributed by atoms with Gasteiger partial charge in [-0.25, -0.2) is 9.97 Å². The Kier molecular flexibility index (Phi) is 3.75. The zero-order valence-electron chi connectivity index (χ0n) is 11.0. The second-order valence-electron chi connectivity index (χ2n) is 4.34. The highest BCUT2D eigenvalue weighted by Gasteiger charge is 2.04. The minimum Gasteiger partial charge on any atom is -0.379 e. The van der Waals surface area contributed by atoms with Crippen LogP contribution in [0.5, 0.6) is 0 Å². The SMILES string of the molecule is Cc1nccc(CNc2ccc(C(N)=O)cc2C)n1. The Bertz CT molecular complexity index is 610. The molecule has 98 valence electrons. The molecule has 2 rings (SSSR count). The number of carbonyl (C=O) groups excluding carboxylic acids is 1. The number of carbonyl (C=O) groups is 1. The molecule has 5 nitrogen and oxygen atoms in total. The summed E-state index contributed by atoms with van der Waals surface area (Å²) in [7, 11) is 0. The number of anilines is 1. The summed E-state index contributed by atoms with van der Waals surface area (Å²) in [4.78, 5) is 19.4. The van der Waals surface area contributed by atoms with Gasteiger partial charge in [-0.05, 0) is 43.7 Å². The molecule has 0 saturated heterocycles. The van der Waals surface area contributed by atoms with E-state index in [4.69, 9.17) is 5.73 Å². The van der Waals surface area contributed by atoms with E-state index in [1.54, 1.807) is 18.3 Å². The molecule has 0 aliphatic heterocycles. The van der Waals surface area contributed by atoms with Crippen LogP contribution in [0.3, 0.4) is 0 Å². The topological polar surface area (TPSA) is 80.9 Å². The van der Waals surface area contributed by atoms with E-state index < -0.39 is 5.91 Å². The molecule has 1 heterocycles. The van der Waals surface area contributed by atoms with Gasteiger partial charge in [0.1, 0.15) is 5.82 Å². The maximum absolute atomic E-state index is 11.1. The van der Waals surface area contributed by atoms with Crippen molar-refractivity contribution in [3.05, 3.63) is 53.1 Å². The van der Waals surface area contributed by atoms with Gasteiger partial charge in [0.05, 0.1) is 12.2 Å². The lowest BCUT2D eigenvalue weighted by atomic mass is 10.1. The highest BCUT2D eigenvalue weighted by molar-refractivity contribution is 5.93. The summed E-state index contributed by atoms with van der Waals surface area (Å²) in [6.07, 6.45) is 1.74. The summed E-state index contributed by atoms with van der Waals surface area (Å²) in [5.74, 6) is 0.334. The summed E-state index contributed by atoms with van der Waals surface area (Å²) in [6, 6.07) is 7.20. The van der Waals surface area contributed by atoms with Gasteiger partial charge >= 0.3 is 0 Å². The van der Waals surface area contributed by atoms with E-state index in [9.17, 15) is 4.79 Å². The Hall–Kier alpha value is -2.43. The fourth-order valence-corrected chi connectivity index (χ4v) is 1.80. The number of benzene rings is 1. The summed E-state index contributed by atoms with van der Waals surface area (Å²) in [5, 5.41) is 3.28. The van der Waals surface area contributed by atoms with E-state index >= 15 is 0 Å². The molecule has 2 aromatic rings. The van der Waals surface area contributed by atoms with Crippen molar-refractivity contribution >= 4 is 11.6 Å². The minimum atomic E-state index is -0.416. The largest absolute Gasteiger partial charge is 0.379 e. The fourth-order valence-electron chi connectivity index (χ4n) is 1.80. The van der Waals surface area contributed by atoms with Crippen molar-refractivity contribution in [2.75, 3.05) is 5.32 Å². The normalized spacial score (nSPS) is 10.2. The van der Waals surface area contributed by atoms with Crippen LogP contribution in [0.25, 0.3) is 0 Å². The van der Waals surface area contributed by atoms with Crippen LogP contribution in [0, 0.1) is 13.8 Å². The first-order valence-corrected chi connectivity index (χ1v) is 5.99. The van der Waals surface area contributed by atoms with Crippen LogP contribution in [-0.4, -0.2) is 15.9 Å². The summed E-state index contributed by atoms with van der Waals surface area (Å²) < 4.78 is 0. The lowest BCUT2D eigenvalue weighted by Gasteiger charge is -2.10. The van der Waals surface area contributed by atoms with Crippen LogP contribution in [-0.2, 0) is 6.54 Å². The smallest absolute Gasteiger partial charge is 0.248 e. The summed E-state index contributed by atoms with van der Waals surface area (Å²) in [5.41, 5.74) is 8.61.